The van der Waals surface area contributed by atoms with Gasteiger partial charge in [-0.1, -0.05) is 30.3 Å². The van der Waals surface area contributed by atoms with E-state index in [-0.39, 0.29) is 37.7 Å². The second kappa shape index (κ2) is 9.30. The fraction of sp³-hybridized carbons (Fsp3) is 0.222. The van der Waals surface area contributed by atoms with Gasteiger partial charge in [0.15, 0.2) is 0 Å². The molecule has 1 rings (SSSR count). The summed E-state index contributed by atoms with van der Waals surface area (Å²) in [5, 5.41) is 4.27. The quantitative estimate of drug-likeness (QED) is 0.318. The largest absolute Gasteiger partial charge is 1.00 e. The molecule has 0 aliphatic heterocycles. The third-order valence-corrected chi connectivity index (χ3v) is 1.21. The number of rotatable bonds is 3. The van der Waals surface area contributed by atoms with Crippen LogP contribution < -0.4 is 37.7 Å². The normalized spacial score (nSPS) is 7.75. The number of nitrogens with zero attached hydrogens (tertiary/aromatic N) is 1. The Hall–Kier alpha value is 0.215. The maximum Gasteiger partial charge on any atom is 1.00 e. The summed E-state index contributed by atoms with van der Waals surface area (Å²) in [5.74, 6) is 0. The third kappa shape index (κ3) is 5.81. The van der Waals surface area contributed by atoms with Crippen molar-refractivity contribution < 1.29 is 37.7 Å². The molecule has 0 heterocycles. The molecule has 0 fully saturated rings. The van der Waals surface area contributed by atoms with Gasteiger partial charge in [0.05, 0.1) is 0 Å². The second-order valence-corrected chi connectivity index (χ2v) is 2.08. The van der Waals surface area contributed by atoms with E-state index in [4.69, 9.17) is 0 Å². The monoisotopic (exact) mass is 147 g/mol. The van der Waals surface area contributed by atoms with Gasteiger partial charge < -0.3 is 11.7 Å². The van der Waals surface area contributed by atoms with Crippen molar-refractivity contribution in [2.45, 2.75) is 6.92 Å². The maximum atomic E-state index is 4.27. The number of para-hydroxylation sites is 1. The van der Waals surface area contributed by atoms with Crippen molar-refractivity contribution in [3.05, 3.63) is 42.1 Å². The molecule has 0 N–H and O–H groups in total. The molecule has 0 aliphatic carbocycles. The molecule has 1 aromatic rings. The Kier molecular flexibility index (Phi) is 11.4. The van der Waals surface area contributed by atoms with E-state index in [0.717, 1.165) is 12.2 Å². The zero-order chi connectivity index (χ0) is 7.23. The van der Waals surface area contributed by atoms with E-state index in [2.05, 4.69) is 5.32 Å². The van der Waals surface area contributed by atoms with Crippen molar-refractivity contribution in [3.63, 3.8) is 0 Å². The van der Waals surface area contributed by atoms with Gasteiger partial charge in [-0.2, -0.15) is 6.92 Å². The Balaban J connectivity index is 0. The fourth-order valence-corrected chi connectivity index (χ4v) is 0.730. The summed E-state index contributed by atoms with van der Waals surface area (Å²) in [5.41, 5.74) is 1.06. The summed E-state index contributed by atoms with van der Waals surface area (Å²) in [7, 11) is 0. The number of hydrogen-bond acceptors (Lipinski definition) is 0. The second-order valence-electron chi connectivity index (χ2n) is 2.08. The van der Waals surface area contributed by atoms with Crippen LogP contribution in [0.2, 0.25) is 0 Å². The summed E-state index contributed by atoms with van der Waals surface area (Å²) in [6, 6.07) is 9.99. The summed E-state index contributed by atoms with van der Waals surface area (Å²) < 4.78 is 0. The smallest absolute Gasteiger partial charge is 0.709 e. The first-order valence-corrected chi connectivity index (χ1v) is 3.44. The average Bonchev–Trinajstić information content (AvgIpc) is 2.03. The van der Waals surface area contributed by atoms with Crippen molar-refractivity contribution in [1.29, 1.82) is 0 Å². The van der Waals surface area contributed by atoms with E-state index in [1.54, 1.807) is 0 Å². The van der Waals surface area contributed by atoms with Crippen LogP contribution in [0.5, 0.6) is 0 Å². The average molecular weight is 147 g/mol. The van der Waals surface area contributed by atoms with Crippen LogP contribution in [0.3, 0.4) is 0 Å². The fourth-order valence-electron chi connectivity index (χ4n) is 0.730. The van der Waals surface area contributed by atoms with Crippen LogP contribution in [0.25, 0.3) is 5.32 Å². The van der Waals surface area contributed by atoms with E-state index >= 15 is 0 Å². The van der Waals surface area contributed by atoms with Crippen molar-refractivity contribution in [3.8, 4) is 0 Å². The predicted molar refractivity (Wildman–Crippen MR) is 44.3 cm³/mol. The van der Waals surface area contributed by atoms with Gasteiger partial charge in [-0.05, 0) is 0 Å². The SMILES string of the molecule is C[CH-]C[N-]c1ccccc1.[Li+].[Li+]. The van der Waals surface area contributed by atoms with Crippen LogP contribution in [-0.2, 0) is 0 Å². The molecule has 0 amide bonds. The zero-order valence-electron chi connectivity index (χ0n) is 8.12. The van der Waals surface area contributed by atoms with Crippen molar-refractivity contribution in [2.24, 2.45) is 0 Å². The first-order chi connectivity index (χ1) is 4.93. The van der Waals surface area contributed by atoms with Crippen LogP contribution in [0.1, 0.15) is 6.92 Å². The van der Waals surface area contributed by atoms with Crippen molar-refractivity contribution >= 4 is 5.69 Å². The van der Waals surface area contributed by atoms with E-state index in [9.17, 15) is 0 Å². The van der Waals surface area contributed by atoms with Crippen molar-refractivity contribution in [2.75, 3.05) is 6.54 Å². The van der Waals surface area contributed by atoms with Crippen LogP contribution >= 0.6 is 0 Å². The summed E-state index contributed by atoms with van der Waals surface area (Å²) in [6.45, 7) is 2.82. The Morgan fingerprint density at radius 2 is 1.75 bits per heavy atom. The molecule has 0 unspecified atom stereocenters. The number of benzene rings is 1. The molecule has 0 aliphatic rings. The molecule has 3 heteroatoms. The molecule has 0 radical (unpaired) electrons. The van der Waals surface area contributed by atoms with Gasteiger partial charge >= 0.3 is 37.7 Å². The van der Waals surface area contributed by atoms with Crippen LogP contribution in [0.15, 0.2) is 30.3 Å². The molecular weight excluding hydrogens is 136 g/mol. The van der Waals surface area contributed by atoms with Gasteiger partial charge in [0.25, 0.3) is 0 Å². The summed E-state index contributed by atoms with van der Waals surface area (Å²) in [6.07, 6.45) is 2.03. The van der Waals surface area contributed by atoms with Gasteiger partial charge in [0.1, 0.15) is 0 Å². The summed E-state index contributed by atoms with van der Waals surface area (Å²) in [4.78, 5) is 0. The van der Waals surface area contributed by atoms with Gasteiger partial charge in [-0.25, -0.2) is 0 Å². The van der Waals surface area contributed by atoms with E-state index in [1.165, 1.54) is 0 Å². The molecule has 54 valence electrons. The molecule has 12 heavy (non-hydrogen) atoms. The minimum absolute atomic E-state index is 0. The molecular formula is C9H11Li2N. The predicted octanol–water partition coefficient (Wildman–Crippen LogP) is -3.08. The third-order valence-electron chi connectivity index (χ3n) is 1.21. The van der Waals surface area contributed by atoms with Gasteiger partial charge in [-0.3, -0.25) is 6.54 Å². The van der Waals surface area contributed by atoms with E-state index in [1.807, 2.05) is 43.7 Å². The minimum Gasteiger partial charge on any atom is -0.709 e. The minimum atomic E-state index is 0. The van der Waals surface area contributed by atoms with Crippen LogP contribution in [0.4, 0.5) is 5.69 Å². The van der Waals surface area contributed by atoms with Gasteiger partial charge in [-0.15, -0.1) is 5.69 Å². The Bertz CT molecular complexity index is 177. The molecule has 1 aromatic carbocycles. The Morgan fingerprint density at radius 1 is 1.17 bits per heavy atom. The molecule has 0 aromatic heterocycles. The van der Waals surface area contributed by atoms with Crippen LogP contribution in [0, 0.1) is 6.42 Å². The standard InChI is InChI=1S/C9H11N.2Li/c1-2-8-10-9-6-4-3-5-7-9;;/h2-7H,8H2,1H3;;/q-2;2*+1. The van der Waals surface area contributed by atoms with Crippen LogP contribution in [-0.4, -0.2) is 6.54 Å². The van der Waals surface area contributed by atoms with E-state index < -0.39 is 0 Å². The van der Waals surface area contributed by atoms with Crippen molar-refractivity contribution in [1.82, 2.24) is 0 Å². The molecule has 0 spiro atoms. The maximum absolute atomic E-state index is 4.27. The molecule has 0 atom stereocenters. The first-order valence-electron chi connectivity index (χ1n) is 3.44. The number of hydrogen-bond donors (Lipinski definition) is 0. The summed E-state index contributed by atoms with van der Waals surface area (Å²) >= 11 is 0. The molecule has 0 saturated carbocycles. The zero-order valence-corrected chi connectivity index (χ0v) is 8.12. The molecule has 0 bridgehead atoms. The van der Waals surface area contributed by atoms with E-state index in [0.29, 0.717) is 0 Å². The Labute approximate surface area is 98.7 Å². The Morgan fingerprint density at radius 3 is 2.25 bits per heavy atom. The van der Waals surface area contributed by atoms with Gasteiger partial charge in [0.2, 0.25) is 0 Å². The topological polar surface area (TPSA) is 14.1 Å². The molecule has 0 saturated heterocycles. The first kappa shape index (κ1) is 14.7. The molecule has 1 nitrogen and oxygen atoms in total. The van der Waals surface area contributed by atoms with Gasteiger partial charge in [0, 0.05) is 0 Å².